The van der Waals surface area contributed by atoms with Gasteiger partial charge in [0.1, 0.15) is 0 Å². The predicted octanol–water partition coefficient (Wildman–Crippen LogP) is 2.25. The molecule has 0 spiro atoms. The van der Waals surface area contributed by atoms with Crippen molar-refractivity contribution in [2.75, 3.05) is 19.6 Å². The SMILES string of the molecule is CCCCC(C)N1CCNC(CC)C1. The monoisotopic (exact) mass is 198 g/mol. The molecule has 1 heterocycles. The van der Waals surface area contributed by atoms with Crippen LogP contribution < -0.4 is 5.32 Å². The second-order valence-electron chi connectivity index (χ2n) is 4.55. The number of nitrogens with zero attached hydrogens (tertiary/aromatic N) is 1. The third kappa shape index (κ3) is 3.58. The molecule has 1 rings (SSSR count). The maximum atomic E-state index is 3.57. The Hall–Kier alpha value is -0.0800. The van der Waals surface area contributed by atoms with Crippen molar-refractivity contribution >= 4 is 0 Å². The second-order valence-corrected chi connectivity index (χ2v) is 4.55. The summed E-state index contributed by atoms with van der Waals surface area (Å²) in [6.07, 6.45) is 5.33. The highest BCUT2D eigenvalue weighted by atomic mass is 15.2. The minimum absolute atomic E-state index is 0.729. The second kappa shape index (κ2) is 6.41. The molecule has 1 aliphatic heterocycles. The van der Waals surface area contributed by atoms with Crippen LogP contribution in [0.1, 0.15) is 46.5 Å². The predicted molar refractivity (Wildman–Crippen MR) is 62.6 cm³/mol. The molecule has 2 unspecified atom stereocenters. The molecule has 0 aliphatic carbocycles. The molecular formula is C12H26N2. The summed E-state index contributed by atoms with van der Waals surface area (Å²) >= 11 is 0. The van der Waals surface area contributed by atoms with Crippen molar-refractivity contribution in [2.24, 2.45) is 0 Å². The Balaban J connectivity index is 2.27. The lowest BCUT2D eigenvalue weighted by Gasteiger charge is -2.37. The zero-order valence-electron chi connectivity index (χ0n) is 10.1. The molecule has 0 amide bonds. The first-order valence-corrected chi connectivity index (χ1v) is 6.25. The Kier molecular flexibility index (Phi) is 5.49. The highest BCUT2D eigenvalue weighted by Gasteiger charge is 2.21. The van der Waals surface area contributed by atoms with E-state index >= 15 is 0 Å². The highest BCUT2D eigenvalue weighted by molar-refractivity contribution is 4.80. The van der Waals surface area contributed by atoms with E-state index in [0.717, 1.165) is 12.1 Å². The molecule has 2 nitrogen and oxygen atoms in total. The molecule has 2 atom stereocenters. The smallest absolute Gasteiger partial charge is 0.0193 e. The van der Waals surface area contributed by atoms with Gasteiger partial charge in [-0.15, -0.1) is 0 Å². The van der Waals surface area contributed by atoms with E-state index < -0.39 is 0 Å². The van der Waals surface area contributed by atoms with Gasteiger partial charge in [0.15, 0.2) is 0 Å². The Bertz CT molecular complexity index is 147. The van der Waals surface area contributed by atoms with E-state index in [2.05, 4.69) is 31.0 Å². The van der Waals surface area contributed by atoms with Gasteiger partial charge in [0, 0.05) is 31.7 Å². The summed E-state index contributed by atoms with van der Waals surface area (Å²) in [5, 5.41) is 3.57. The van der Waals surface area contributed by atoms with Crippen LogP contribution in [-0.4, -0.2) is 36.6 Å². The maximum absolute atomic E-state index is 3.57. The molecule has 84 valence electrons. The van der Waals surface area contributed by atoms with E-state index in [-0.39, 0.29) is 0 Å². The van der Waals surface area contributed by atoms with Crippen LogP contribution in [0.25, 0.3) is 0 Å². The molecule has 1 fully saturated rings. The highest BCUT2D eigenvalue weighted by Crippen LogP contribution is 2.11. The fraction of sp³-hybridized carbons (Fsp3) is 1.00. The molecule has 0 aromatic heterocycles. The standard InChI is InChI=1S/C12H26N2/c1-4-6-7-11(3)14-9-8-13-12(5-2)10-14/h11-13H,4-10H2,1-3H3. The molecule has 1 aliphatic rings. The minimum atomic E-state index is 0.729. The van der Waals surface area contributed by atoms with E-state index in [0.29, 0.717) is 0 Å². The molecule has 1 N–H and O–H groups in total. The van der Waals surface area contributed by atoms with Gasteiger partial charge < -0.3 is 5.32 Å². The lowest BCUT2D eigenvalue weighted by molar-refractivity contribution is 0.143. The molecule has 1 saturated heterocycles. The summed E-state index contributed by atoms with van der Waals surface area (Å²) in [7, 11) is 0. The molecule has 0 bridgehead atoms. The van der Waals surface area contributed by atoms with Crippen molar-refractivity contribution < 1.29 is 0 Å². The number of nitrogens with one attached hydrogen (secondary N) is 1. The summed E-state index contributed by atoms with van der Waals surface area (Å²) < 4.78 is 0. The van der Waals surface area contributed by atoms with Gasteiger partial charge in [-0.25, -0.2) is 0 Å². The van der Waals surface area contributed by atoms with Crippen LogP contribution in [0.5, 0.6) is 0 Å². The lowest BCUT2D eigenvalue weighted by atomic mass is 10.1. The average molecular weight is 198 g/mol. The van der Waals surface area contributed by atoms with Crippen molar-refractivity contribution in [1.29, 1.82) is 0 Å². The van der Waals surface area contributed by atoms with Crippen LogP contribution in [0.3, 0.4) is 0 Å². The zero-order chi connectivity index (χ0) is 10.4. The number of unbranched alkanes of at least 4 members (excludes halogenated alkanes) is 1. The first-order valence-electron chi connectivity index (χ1n) is 6.25. The average Bonchev–Trinajstić information content (AvgIpc) is 2.26. The van der Waals surface area contributed by atoms with Gasteiger partial charge in [-0.1, -0.05) is 26.7 Å². The lowest BCUT2D eigenvalue weighted by Crippen LogP contribution is -2.53. The normalized spacial score (nSPS) is 26.4. The van der Waals surface area contributed by atoms with E-state index in [1.54, 1.807) is 0 Å². The van der Waals surface area contributed by atoms with Gasteiger partial charge in [0.05, 0.1) is 0 Å². The third-order valence-corrected chi connectivity index (χ3v) is 3.38. The molecule has 0 aromatic carbocycles. The number of hydrogen-bond donors (Lipinski definition) is 1. The van der Waals surface area contributed by atoms with Gasteiger partial charge in [0.2, 0.25) is 0 Å². The van der Waals surface area contributed by atoms with Crippen LogP contribution in [-0.2, 0) is 0 Å². The largest absolute Gasteiger partial charge is 0.311 e. The molecule has 0 saturated carbocycles. The summed E-state index contributed by atoms with van der Waals surface area (Å²) in [4.78, 5) is 2.65. The van der Waals surface area contributed by atoms with Crippen molar-refractivity contribution in [3.05, 3.63) is 0 Å². The quantitative estimate of drug-likeness (QED) is 0.729. The number of hydrogen-bond acceptors (Lipinski definition) is 2. The fourth-order valence-corrected chi connectivity index (χ4v) is 2.21. The third-order valence-electron chi connectivity index (χ3n) is 3.38. The molecule has 2 heteroatoms. The Morgan fingerprint density at radius 2 is 2.21 bits per heavy atom. The van der Waals surface area contributed by atoms with Crippen LogP contribution in [0.4, 0.5) is 0 Å². The zero-order valence-corrected chi connectivity index (χ0v) is 10.1. The van der Waals surface area contributed by atoms with E-state index in [9.17, 15) is 0 Å². The van der Waals surface area contributed by atoms with Crippen LogP contribution in [0, 0.1) is 0 Å². The van der Waals surface area contributed by atoms with Crippen LogP contribution in [0.2, 0.25) is 0 Å². The summed E-state index contributed by atoms with van der Waals surface area (Å²) in [6.45, 7) is 10.6. The molecule has 0 aromatic rings. The summed E-state index contributed by atoms with van der Waals surface area (Å²) in [5.41, 5.74) is 0. The van der Waals surface area contributed by atoms with Gasteiger partial charge in [0.25, 0.3) is 0 Å². The fourth-order valence-electron chi connectivity index (χ4n) is 2.21. The van der Waals surface area contributed by atoms with Crippen LogP contribution >= 0.6 is 0 Å². The molecular weight excluding hydrogens is 172 g/mol. The van der Waals surface area contributed by atoms with Crippen molar-refractivity contribution in [3.63, 3.8) is 0 Å². The Morgan fingerprint density at radius 3 is 2.86 bits per heavy atom. The van der Waals surface area contributed by atoms with Crippen molar-refractivity contribution in [3.8, 4) is 0 Å². The minimum Gasteiger partial charge on any atom is -0.311 e. The Morgan fingerprint density at radius 1 is 1.43 bits per heavy atom. The summed E-state index contributed by atoms with van der Waals surface area (Å²) in [5.74, 6) is 0. The van der Waals surface area contributed by atoms with Gasteiger partial charge in [-0.3, -0.25) is 4.90 Å². The first kappa shape index (κ1) is 12.0. The van der Waals surface area contributed by atoms with E-state index in [1.165, 1.54) is 45.3 Å². The Labute approximate surface area is 89.1 Å². The van der Waals surface area contributed by atoms with Gasteiger partial charge >= 0.3 is 0 Å². The maximum Gasteiger partial charge on any atom is 0.0193 e. The first-order chi connectivity index (χ1) is 6.77. The van der Waals surface area contributed by atoms with Crippen molar-refractivity contribution in [1.82, 2.24) is 10.2 Å². The van der Waals surface area contributed by atoms with Crippen LogP contribution in [0.15, 0.2) is 0 Å². The number of rotatable bonds is 5. The van der Waals surface area contributed by atoms with Gasteiger partial charge in [-0.05, 0) is 19.8 Å². The van der Waals surface area contributed by atoms with Gasteiger partial charge in [-0.2, -0.15) is 0 Å². The molecule has 0 radical (unpaired) electrons. The van der Waals surface area contributed by atoms with E-state index in [4.69, 9.17) is 0 Å². The van der Waals surface area contributed by atoms with E-state index in [1.807, 2.05) is 0 Å². The molecule has 14 heavy (non-hydrogen) atoms. The topological polar surface area (TPSA) is 15.3 Å². The number of piperazine rings is 1. The van der Waals surface area contributed by atoms with Crippen molar-refractivity contribution in [2.45, 2.75) is 58.5 Å². The summed E-state index contributed by atoms with van der Waals surface area (Å²) in [6, 6.07) is 1.51.